The Balaban J connectivity index is 1.94. The normalized spacial score (nSPS) is 10.5. The number of methoxy groups -OCH3 is 2. The summed E-state index contributed by atoms with van der Waals surface area (Å²) in [7, 11) is 3.06. The van der Waals surface area contributed by atoms with Crippen LogP contribution in [-0.4, -0.2) is 32.7 Å². The van der Waals surface area contributed by atoms with Gasteiger partial charge in [0, 0.05) is 5.69 Å². The molecule has 7 nitrogen and oxygen atoms in total. The van der Waals surface area contributed by atoms with Crippen LogP contribution in [0.15, 0.2) is 54.1 Å². The van der Waals surface area contributed by atoms with E-state index < -0.39 is 18.5 Å². The van der Waals surface area contributed by atoms with Crippen molar-refractivity contribution in [3.8, 4) is 17.6 Å². The lowest BCUT2D eigenvalue weighted by molar-refractivity contribution is -0.142. The molecule has 2 rings (SSSR count). The van der Waals surface area contributed by atoms with Gasteiger partial charge in [0.05, 0.1) is 14.2 Å². The van der Waals surface area contributed by atoms with Crippen molar-refractivity contribution in [1.29, 1.82) is 5.26 Å². The SMILES string of the molecule is COc1ccc(NC(=O)COC(=O)/C(C#N)=C/c2cccc(OC)c2)cc1. The highest BCUT2D eigenvalue weighted by Crippen LogP contribution is 2.16. The first-order valence-electron chi connectivity index (χ1n) is 7.92. The number of carbonyl (C=O) groups excluding carboxylic acids is 2. The molecular weight excluding hydrogens is 348 g/mol. The number of ether oxygens (including phenoxy) is 3. The number of hydrogen-bond acceptors (Lipinski definition) is 6. The van der Waals surface area contributed by atoms with Crippen LogP contribution in [0, 0.1) is 11.3 Å². The van der Waals surface area contributed by atoms with Crippen LogP contribution in [-0.2, 0) is 14.3 Å². The van der Waals surface area contributed by atoms with Gasteiger partial charge in [0.15, 0.2) is 6.61 Å². The fourth-order valence-electron chi connectivity index (χ4n) is 2.12. The van der Waals surface area contributed by atoms with Gasteiger partial charge in [-0.3, -0.25) is 4.79 Å². The number of nitrogens with zero attached hydrogens (tertiary/aromatic N) is 1. The molecule has 0 bridgehead atoms. The molecule has 0 atom stereocenters. The van der Waals surface area contributed by atoms with E-state index in [2.05, 4.69) is 5.32 Å². The van der Waals surface area contributed by atoms with Crippen molar-refractivity contribution < 1.29 is 23.8 Å². The maximum Gasteiger partial charge on any atom is 0.349 e. The van der Waals surface area contributed by atoms with E-state index in [9.17, 15) is 14.9 Å². The fourth-order valence-corrected chi connectivity index (χ4v) is 2.12. The first-order valence-corrected chi connectivity index (χ1v) is 7.92. The van der Waals surface area contributed by atoms with Gasteiger partial charge in [-0.05, 0) is 48.0 Å². The standard InChI is InChI=1S/C20H18N2O5/c1-25-17-8-6-16(7-9-17)22-19(23)13-27-20(24)15(12-21)10-14-4-3-5-18(11-14)26-2/h3-11H,13H2,1-2H3,(H,22,23)/b15-10+. The van der Waals surface area contributed by atoms with Gasteiger partial charge in [0.2, 0.25) is 0 Å². The molecule has 0 fully saturated rings. The zero-order valence-corrected chi connectivity index (χ0v) is 14.9. The number of carbonyl (C=O) groups is 2. The molecule has 27 heavy (non-hydrogen) atoms. The topological polar surface area (TPSA) is 97.6 Å². The van der Waals surface area contributed by atoms with Crippen molar-refractivity contribution in [2.45, 2.75) is 0 Å². The molecule has 0 aromatic heterocycles. The Labute approximate surface area is 156 Å². The van der Waals surface area contributed by atoms with E-state index in [1.807, 2.05) is 0 Å². The smallest absolute Gasteiger partial charge is 0.349 e. The van der Waals surface area contributed by atoms with Crippen LogP contribution in [0.3, 0.4) is 0 Å². The number of rotatable bonds is 7. The van der Waals surface area contributed by atoms with Gasteiger partial charge < -0.3 is 19.5 Å². The van der Waals surface area contributed by atoms with Crippen LogP contribution < -0.4 is 14.8 Å². The van der Waals surface area contributed by atoms with Crippen LogP contribution in [0.25, 0.3) is 6.08 Å². The van der Waals surface area contributed by atoms with Crippen LogP contribution >= 0.6 is 0 Å². The van der Waals surface area contributed by atoms with E-state index in [1.165, 1.54) is 13.2 Å². The summed E-state index contributed by atoms with van der Waals surface area (Å²) >= 11 is 0. The van der Waals surface area contributed by atoms with Crippen molar-refractivity contribution >= 4 is 23.6 Å². The van der Waals surface area contributed by atoms with Gasteiger partial charge in [0.1, 0.15) is 23.1 Å². The van der Waals surface area contributed by atoms with Crippen molar-refractivity contribution in [2.75, 3.05) is 26.1 Å². The second-order valence-electron chi connectivity index (χ2n) is 5.30. The monoisotopic (exact) mass is 366 g/mol. The summed E-state index contributed by atoms with van der Waals surface area (Å²) in [5.41, 5.74) is 0.912. The third-order valence-electron chi connectivity index (χ3n) is 3.45. The van der Waals surface area contributed by atoms with Gasteiger partial charge >= 0.3 is 5.97 Å². The number of benzene rings is 2. The number of nitriles is 1. The maximum atomic E-state index is 12.0. The van der Waals surface area contributed by atoms with E-state index >= 15 is 0 Å². The Morgan fingerprint density at radius 2 is 1.78 bits per heavy atom. The molecule has 0 radical (unpaired) electrons. The third kappa shape index (κ3) is 5.90. The average Bonchev–Trinajstić information content (AvgIpc) is 2.71. The highest BCUT2D eigenvalue weighted by molar-refractivity contribution is 6.00. The largest absolute Gasteiger partial charge is 0.497 e. The summed E-state index contributed by atoms with van der Waals surface area (Å²) in [5, 5.41) is 11.8. The van der Waals surface area contributed by atoms with Crippen LogP contribution in [0.1, 0.15) is 5.56 Å². The highest BCUT2D eigenvalue weighted by atomic mass is 16.5. The van der Waals surface area contributed by atoms with Crippen LogP contribution in [0.4, 0.5) is 5.69 Å². The molecule has 0 aliphatic carbocycles. The van der Waals surface area contributed by atoms with E-state index in [0.717, 1.165) is 0 Å². The third-order valence-corrected chi connectivity index (χ3v) is 3.45. The predicted octanol–water partition coefficient (Wildman–Crippen LogP) is 2.79. The van der Waals surface area contributed by atoms with Gasteiger partial charge in [-0.25, -0.2) is 4.79 Å². The molecule has 0 saturated carbocycles. The van der Waals surface area contributed by atoms with E-state index in [1.54, 1.807) is 61.7 Å². The molecule has 0 unspecified atom stereocenters. The van der Waals surface area contributed by atoms with E-state index in [-0.39, 0.29) is 5.57 Å². The minimum absolute atomic E-state index is 0.222. The Morgan fingerprint density at radius 1 is 1.07 bits per heavy atom. The van der Waals surface area contributed by atoms with E-state index in [4.69, 9.17) is 14.2 Å². The lowest BCUT2D eigenvalue weighted by atomic mass is 10.1. The van der Waals surface area contributed by atoms with Crippen molar-refractivity contribution in [2.24, 2.45) is 0 Å². The summed E-state index contributed by atoms with van der Waals surface area (Å²) in [4.78, 5) is 23.9. The molecular formula is C20H18N2O5. The van der Waals surface area contributed by atoms with Crippen LogP contribution in [0.5, 0.6) is 11.5 Å². The second kappa shape index (κ2) is 9.63. The molecule has 0 saturated heterocycles. The first kappa shape index (κ1) is 19.5. The quantitative estimate of drug-likeness (QED) is 0.460. The highest BCUT2D eigenvalue weighted by Gasteiger charge is 2.13. The number of amides is 1. The fraction of sp³-hybridized carbons (Fsp3) is 0.150. The number of nitrogens with one attached hydrogen (secondary N) is 1. The molecule has 1 N–H and O–H groups in total. The Bertz CT molecular complexity index is 882. The summed E-state index contributed by atoms with van der Waals surface area (Å²) in [6.45, 7) is -0.512. The minimum Gasteiger partial charge on any atom is -0.497 e. The van der Waals surface area contributed by atoms with Crippen molar-refractivity contribution in [3.63, 3.8) is 0 Å². The Kier molecular flexibility index (Phi) is 6.97. The predicted molar refractivity (Wildman–Crippen MR) is 99.2 cm³/mol. The molecule has 0 spiro atoms. The molecule has 0 aliphatic rings. The number of hydrogen-bond donors (Lipinski definition) is 1. The Hall–Kier alpha value is -3.79. The van der Waals surface area contributed by atoms with Gasteiger partial charge in [-0.1, -0.05) is 12.1 Å². The molecule has 0 aliphatic heterocycles. The molecule has 2 aromatic carbocycles. The summed E-state index contributed by atoms with van der Waals surface area (Å²) in [5.74, 6) is -0.161. The number of esters is 1. The molecule has 7 heteroatoms. The maximum absolute atomic E-state index is 12.0. The summed E-state index contributed by atoms with van der Waals surface area (Å²) in [6.07, 6.45) is 1.37. The van der Waals surface area contributed by atoms with Gasteiger partial charge in [0.25, 0.3) is 5.91 Å². The Morgan fingerprint density at radius 3 is 2.41 bits per heavy atom. The zero-order chi connectivity index (χ0) is 19.6. The lowest BCUT2D eigenvalue weighted by Crippen LogP contribution is -2.21. The van der Waals surface area contributed by atoms with Crippen molar-refractivity contribution in [3.05, 3.63) is 59.7 Å². The average molecular weight is 366 g/mol. The van der Waals surface area contributed by atoms with Crippen molar-refractivity contribution in [1.82, 2.24) is 0 Å². The van der Waals surface area contributed by atoms with Crippen LogP contribution in [0.2, 0.25) is 0 Å². The lowest BCUT2D eigenvalue weighted by Gasteiger charge is -2.07. The summed E-state index contributed by atoms with van der Waals surface area (Å²) in [6, 6.07) is 15.3. The summed E-state index contributed by atoms with van der Waals surface area (Å²) < 4.78 is 15.0. The van der Waals surface area contributed by atoms with Gasteiger partial charge in [-0.2, -0.15) is 5.26 Å². The molecule has 1 amide bonds. The zero-order valence-electron chi connectivity index (χ0n) is 14.9. The number of anilines is 1. The van der Waals surface area contributed by atoms with Gasteiger partial charge in [-0.15, -0.1) is 0 Å². The molecule has 2 aromatic rings. The molecule has 0 heterocycles. The second-order valence-corrected chi connectivity index (χ2v) is 5.30. The molecule has 138 valence electrons. The minimum atomic E-state index is -0.884. The van der Waals surface area contributed by atoms with E-state index in [0.29, 0.717) is 22.7 Å². The first-order chi connectivity index (χ1) is 13.0.